The van der Waals surface area contributed by atoms with Gasteiger partial charge in [-0.05, 0) is 43.2 Å². The zero-order valence-corrected chi connectivity index (χ0v) is 15.9. The van der Waals surface area contributed by atoms with E-state index in [1.165, 1.54) is 6.21 Å². The summed E-state index contributed by atoms with van der Waals surface area (Å²) in [6.07, 6.45) is 1.25. The fourth-order valence-corrected chi connectivity index (χ4v) is 3.00. The van der Waals surface area contributed by atoms with Gasteiger partial charge in [-0.25, -0.2) is 0 Å². The molecule has 1 aliphatic rings. The van der Waals surface area contributed by atoms with Gasteiger partial charge in [-0.3, -0.25) is 9.59 Å². The molecule has 9 heteroatoms. The highest BCUT2D eigenvalue weighted by atomic mass is 32.2. The molecule has 8 nitrogen and oxygen atoms in total. The van der Waals surface area contributed by atoms with Gasteiger partial charge in [0.1, 0.15) is 11.9 Å². The number of rotatable bonds is 9. The number of carbonyl (C=O) groups is 2. The molecule has 1 saturated heterocycles. The van der Waals surface area contributed by atoms with Crippen LogP contribution in [0, 0.1) is 0 Å². The summed E-state index contributed by atoms with van der Waals surface area (Å²) >= 11 is 1.05. The molecule has 0 aliphatic carbocycles. The lowest BCUT2D eigenvalue weighted by atomic mass is 10.2. The molecule has 1 aliphatic heterocycles. The molecule has 1 aromatic carbocycles. The van der Waals surface area contributed by atoms with E-state index < -0.39 is 11.2 Å². The lowest BCUT2D eigenvalue weighted by Crippen LogP contribution is -2.26. The predicted octanol–water partition coefficient (Wildman–Crippen LogP) is 2.44. The van der Waals surface area contributed by atoms with Crippen molar-refractivity contribution in [3.8, 4) is 11.5 Å². The van der Waals surface area contributed by atoms with Crippen LogP contribution < -0.4 is 14.8 Å². The van der Waals surface area contributed by atoms with Crippen molar-refractivity contribution in [1.29, 1.82) is 0 Å². The number of ether oxygens (including phenoxy) is 2. The van der Waals surface area contributed by atoms with Crippen molar-refractivity contribution < 1.29 is 24.2 Å². The molecule has 0 radical (unpaired) electrons. The number of nitrogens with zero attached hydrogens (tertiary/aromatic N) is 2. The number of carboxylic acids is 1. The number of thioether (sulfide) groups is 1. The Morgan fingerprint density at radius 1 is 1.41 bits per heavy atom. The van der Waals surface area contributed by atoms with Crippen molar-refractivity contribution in [2.24, 2.45) is 10.2 Å². The van der Waals surface area contributed by atoms with Crippen molar-refractivity contribution >= 4 is 35.0 Å². The quantitative estimate of drug-likeness (QED) is 0.380. The Morgan fingerprint density at radius 2 is 2.19 bits per heavy atom. The van der Waals surface area contributed by atoms with Crippen molar-refractivity contribution in [3.05, 3.63) is 35.9 Å². The topological polar surface area (TPSA) is 110 Å². The second-order valence-corrected chi connectivity index (χ2v) is 6.92. The van der Waals surface area contributed by atoms with Crippen molar-refractivity contribution in [2.45, 2.75) is 25.5 Å². The van der Waals surface area contributed by atoms with Crippen LogP contribution in [0.5, 0.6) is 11.5 Å². The van der Waals surface area contributed by atoms with Gasteiger partial charge in [0.05, 0.1) is 19.2 Å². The van der Waals surface area contributed by atoms with Gasteiger partial charge in [0.15, 0.2) is 16.7 Å². The van der Waals surface area contributed by atoms with Crippen molar-refractivity contribution in [2.75, 3.05) is 13.2 Å². The number of benzene rings is 1. The van der Waals surface area contributed by atoms with Crippen LogP contribution in [0.25, 0.3) is 0 Å². The summed E-state index contributed by atoms with van der Waals surface area (Å²) in [7, 11) is 0. The van der Waals surface area contributed by atoms with Crippen LogP contribution in [0.4, 0.5) is 0 Å². The molecule has 144 valence electrons. The molecule has 1 amide bonds. The third kappa shape index (κ3) is 6.45. The lowest BCUT2D eigenvalue weighted by molar-refractivity contribution is -0.138. The largest absolute Gasteiger partial charge is 0.490 e. The molecular weight excluding hydrogens is 370 g/mol. The van der Waals surface area contributed by atoms with Gasteiger partial charge in [0, 0.05) is 0 Å². The van der Waals surface area contributed by atoms with E-state index in [4.69, 9.17) is 14.6 Å². The first kappa shape index (κ1) is 20.5. The second-order valence-electron chi connectivity index (χ2n) is 5.73. The molecule has 1 heterocycles. The Balaban J connectivity index is 2.06. The molecule has 27 heavy (non-hydrogen) atoms. The molecule has 2 rings (SSSR count). The van der Waals surface area contributed by atoms with E-state index in [9.17, 15) is 9.59 Å². The molecule has 0 saturated carbocycles. The van der Waals surface area contributed by atoms with Gasteiger partial charge in [-0.1, -0.05) is 18.3 Å². The fourth-order valence-electron chi connectivity index (χ4n) is 2.09. The minimum absolute atomic E-state index is 0.261. The summed E-state index contributed by atoms with van der Waals surface area (Å²) in [5.41, 5.74) is 1.64. The molecule has 1 atom stereocenters. The zero-order chi connectivity index (χ0) is 19.8. The highest BCUT2D eigenvalue weighted by Crippen LogP contribution is 2.28. The summed E-state index contributed by atoms with van der Waals surface area (Å²) in [4.78, 5) is 22.4. The molecule has 1 unspecified atom stereocenters. The minimum Gasteiger partial charge on any atom is -0.490 e. The van der Waals surface area contributed by atoms with Crippen LogP contribution in [0.1, 0.15) is 25.8 Å². The van der Waals surface area contributed by atoms with E-state index >= 15 is 0 Å². The van der Waals surface area contributed by atoms with Crippen LogP contribution in [-0.4, -0.2) is 46.8 Å². The Morgan fingerprint density at radius 3 is 2.85 bits per heavy atom. The number of amidine groups is 1. The Bertz CT molecular complexity index is 791. The van der Waals surface area contributed by atoms with Crippen LogP contribution >= 0.6 is 11.8 Å². The zero-order valence-electron chi connectivity index (χ0n) is 15.1. The number of aliphatic carboxylic acids is 1. The average molecular weight is 391 g/mol. The number of hydrogen-bond donors (Lipinski definition) is 2. The number of amides is 1. The highest BCUT2D eigenvalue weighted by Gasteiger charge is 2.32. The molecule has 2 N–H and O–H groups in total. The first-order valence-corrected chi connectivity index (χ1v) is 9.11. The number of hydrogen-bond acceptors (Lipinski definition) is 7. The summed E-state index contributed by atoms with van der Waals surface area (Å²) < 4.78 is 11.2. The number of nitrogens with one attached hydrogen (secondary N) is 1. The minimum atomic E-state index is -1.04. The van der Waals surface area contributed by atoms with E-state index in [0.29, 0.717) is 24.7 Å². The molecule has 1 aromatic rings. The van der Waals surface area contributed by atoms with Gasteiger partial charge in [0.2, 0.25) is 5.91 Å². The SMILES string of the molecule is C=C(C)COc1ccc(C=NN=C2NC(=O)C(CC(=O)O)S2)cc1OCC. The summed E-state index contributed by atoms with van der Waals surface area (Å²) in [6.45, 7) is 8.44. The number of carboxylic acid groups (broad SMARTS) is 1. The van der Waals surface area contributed by atoms with Crippen LogP contribution in [0.2, 0.25) is 0 Å². The third-order valence-electron chi connectivity index (χ3n) is 3.23. The Hall–Kier alpha value is -2.81. The maximum atomic E-state index is 11.7. The van der Waals surface area contributed by atoms with Gasteiger partial charge in [-0.15, -0.1) is 5.10 Å². The van der Waals surface area contributed by atoms with E-state index in [2.05, 4.69) is 22.1 Å². The van der Waals surface area contributed by atoms with Gasteiger partial charge in [-0.2, -0.15) is 5.10 Å². The fraction of sp³-hybridized carbons (Fsp3) is 0.333. The predicted molar refractivity (Wildman–Crippen MR) is 105 cm³/mol. The summed E-state index contributed by atoms with van der Waals surface area (Å²) in [5, 5.41) is 18.7. The standard InChI is InChI=1S/C18H21N3O5S/c1-4-25-14-7-12(5-6-13(14)26-10-11(2)3)9-19-21-18-20-17(24)15(27-18)8-16(22)23/h5-7,9,15H,2,4,8,10H2,1,3H3,(H,22,23)(H,20,21,24). The van der Waals surface area contributed by atoms with E-state index in [0.717, 1.165) is 22.9 Å². The van der Waals surface area contributed by atoms with E-state index in [1.54, 1.807) is 18.2 Å². The maximum Gasteiger partial charge on any atom is 0.305 e. The Labute approximate surface area is 161 Å². The van der Waals surface area contributed by atoms with Gasteiger partial charge < -0.3 is 19.9 Å². The molecule has 1 fully saturated rings. The number of carbonyl (C=O) groups excluding carboxylic acids is 1. The highest BCUT2D eigenvalue weighted by molar-refractivity contribution is 8.15. The average Bonchev–Trinajstić information content (AvgIpc) is 2.93. The maximum absolute atomic E-state index is 11.7. The first-order valence-electron chi connectivity index (χ1n) is 8.23. The van der Waals surface area contributed by atoms with Gasteiger partial charge >= 0.3 is 5.97 Å². The summed E-state index contributed by atoms with van der Waals surface area (Å²) in [5.74, 6) is -0.224. The van der Waals surface area contributed by atoms with E-state index in [-0.39, 0.29) is 17.5 Å². The molecule has 0 spiro atoms. The summed E-state index contributed by atoms with van der Waals surface area (Å²) in [6, 6.07) is 5.35. The van der Waals surface area contributed by atoms with E-state index in [1.807, 2.05) is 13.8 Å². The van der Waals surface area contributed by atoms with Crippen LogP contribution in [-0.2, 0) is 9.59 Å². The van der Waals surface area contributed by atoms with Crippen molar-refractivity contribution in [3.63, 3.8) is 0 Å². The smallest absolute Gasteiger partial charge is 0.305 e. The van der Waals surface area contributed by atoms with Crippen molar-refractivity contribution in [1.82, 2.24) is 5.32 Å². The second kappa shape index (κ2) is 9.77. The van der Waals surface area contributed by atoms with Gasteiger partial charge in [0.25, 0.3) is 0 Å². The molecule has 0 aromatic heterocycles. The third-order valence-corrected chi connectivity index (χ3v) is 4.31. The van der Waals surface area contributed by atoms with Crippen LogP contribution in [0.3, 0.4) is 0 Å². The van der Waals surface area contributed by atoms with Crippen LogP contribution in [0.15, 0.2) is 40.6 Å². The molecular formula is C18H21N3O5S. The monoisotopic (exact) mass is 391 g/mol. The lowest BCUT2D eigenvalue weighted by Gasteiger charge is -2.12. The Kier molecular flexibility index (Phi) is 7.42. The molecule has 0 bridgehead atoms. The normalized spacial score (nSPS) is 17.9. The first-order chi connectivity index (χ1) is 12.9.